The van der Waals surface area contributed by atoms with Crippen molar-refractivity contribution in [3.63, 3.8) is 0 Å². The average molecular weight is 539 g/mol. The number of rotatable bonds is 9. The molecule has 0 aliphatic heterocycles. The van der Waals surface area contributed by atoms with Crippen molar-refractivity contribution in [2.75, 3.05) is 6.61 Å². The molecule has 0 unspecified atom stereocenters. The van der Waals surface area contributed by atoms with E-state index in [1.807, 2.05) is 30.3 Å². The summed E-state index contributed by atoms with van der Waals surface area (Å²) >= 11 is 0. The molecule has 6 rings (SSSR count). The second-order valence-corrected chi connectivity index (χ2v) is 17.0. The van der Waals surface area contributed by atoms with Gasteiger partial charge in [-0.1, -0.05) is 118 Å². The predicted molar refractivity (Wildman–Crippen MR) is 162 cm³/mol. The molecule has 0 heterocycles. The number of carbonyl (C=O) groups is 1. The molecule has 3 fully saturated rings. The highest BCUT2D eigenvalue weighted by Crippen LogP contribution is 2.58. The van der Waals surface area contributed by atoms with Crippen LogP contribution in [0, 0.1) is 10.8 Å². The minimum absolute atomic E-state index is 0.0116. The first-order valence-corrected chi connectivity index (χ1v) is 16.3. The van der Waals surface area contributed by atoms with Crippen LogP contribution in [0.25, 0.3) is 0 Å². The SMILES string of the molecule is CC(C)(C)[Si](OCC12CCC(/C=C/C(=O)OCc3ccccc3)(CC1)CC2)(c1ccccc1)c1ccccc1. The van der Waals surface area contributed by atoms with Crippen molar-refractivity contribution in [1.82, 2.24) is 0 Å². The van der Waals surface area contributed by atoms with E-state index in [1.165, 1.54) is 10.4 Å². The molecule has 204 valence electrons. The van der Waals surface area contributed by atoms with E-state index in [4.69, 9.17) is 9.16 Å². The van der Waals surface area contributed by atoms with Gasteiger partial charge in [-0.3, -0.25) is 0 Å². The fourth-order valence-electron chi connectivity index (χ4n) is 6.80. The third-order valence-electron chi connectivity index (χ3n) is 9.27. The van der Waals surface area contributed by atoms with E-state index in [9.17, 15) is 4.79 Å². The predicted octanol–water partition coefficient (Wildman–Crippen LogP) is 7.20. The average Bonchev–Trinajstić information content (AvgIpc) is 2.97. The van der Waals surface area contributed by atoms with Gasteiger partial charge in [0.15, 0.2) is 0 Å². The molecule has 2 bridgehead atoms. The van der Waals surface area contributed by atoms with Crippen molar-refractivity contribution in [3.05, 3.63) is 109 Å². The molecule has 3 aromatic carbocycles. The fourth-order valence-corrected chi connectivity index (χ4v) is 11.5. The summed E-state index contributed by atoms with van der Waals surface area (Å²) in [5.41, 5.74) is 1.35. The highest BCUT2D eigenvalue weighted by atomic mass is 28.4. The Labute approximate surface area is 235 Å². The fraction of sp³-hybridized carbons (Fsp3) is 0.400. The molecule has 3 aliphatic rings. The minimum atomic E-state index is -2.54. The number of carbonyl (C=O) groups excluding carboxylic acids is 1. The zero-order chi connectivity index (χ0) is 27.4. The molecule has 0 saturated heterocycles. The van der Waals surface area contributed by atoms with Crippen LogP contribution >= 0.6 is 0 Å². The molecule has 0 N–H and O–H groups in total. The van der Waals surface area contributed by atoms with Crippen molar-refractivity contribution >= 4 is 24.7 Å². The van der Waals surface area contributed by atoms with E-state index in [2.05, 4.69) is 87.5 Å². The summed E-state index contributed by atoms with van der Waals surface area (Å²) in [6.07, 6.45) is 10.6. The number of ether oxygens (including phenoxy) is 1. The topological polar surface area (TPSA) is 35.5 Å². The van der Waals surface area contributed by atoms with Gasteiger partial charge in [-0.25, -0.2) is 4.79 Å². The summed E-state index contributed by atoms with van der Waals surface area (Å²) in [5.74, 6) is -0.245. The van der Waals surface area contributed by atoms with E-state index < -0.39 is 8.32 Å². The Hall–Kier alpha value is -2.95. The third-order valence-corrected chi connectivity index (χ3v) is 14.3. The normalized spacial score (nSPS) is 23.2. The van der Waals surface area contributed by atoms with Gasteiger partial charge in [0.2, 0.25) is 0 Å². The first kappa shape index (κ1) is 27.6. The maximum absolute atomic E-state index is 12.4. The first-order valence-electron chi connectivity index (χ1n) is 14.4. The summed E-state index contributed by atoms with van der Waals surface area (Å²) in [4.78, 5) is 12.4. The Balaban J connectivity index is 1.28. The second-order valence-electron chi connectivity index (χ2n) is 12.7. The van der Waals surface area contributed by atoms with Gasteiger partial charge in [-0.2, -0.15) is 0 Å². The van der Waals surface area contributed by atoms with Crippen LogP contribution < -0.4 is 10.4 Å². The van der Waals surface area contributed by atoms with Gasteiger partial charge in [0, 0.05) is 12.7 Å². The smallest absolute Gasteiger partial charge is 0.330 e. The van der Waals surface area contributed by atoms with E-state index in [1.54, 1.807) is 6.08 Å². The van der Waals surface area contributed by atoms with Crippen molar-refractivity contribution in [1.29, 1.82) is 0 Å². The molecular weight excluding hydrogens is 496 g/mol. The van der Waals surface area contributed by atoms with E-state index in [0.29, 0.717) is 6.61 Å². The van der Waals surface area contributed by atoms with Gasteiger partial charge < -0.3 is 9.16 Å². The largest absolute Gasteiger partial charge is 0.458 e. The monoisotopic (exact) mass is 538 g/mol. The highest BCUT2D eigenvalue weighted by Gasteiger charge is 2.53. The lowest BCUT2D eigenvalue weighted by atomic mass is 9.54. The van der Waals surface area contributed by atoms with E-state index >= 15 is 0 Å². The van der Waals surface area contributed by atoms with Crippen LogP contribution in [0.1, 0.15) is 64.9 Å². The molecule has 0 radical (unpaired) electrons. The molecule has 4 heteroatoms. The van der Waals surface area contributed by atoms with Crippen LogP contribution in [-0.4, -0.2) is 20.9 Å². The number of benzene rings is 3. The summed E-state index contributed by atoms with van der Waals surface area (Å²) < 4.78 is 12.9. The van der Waals surface area contributed by atoms with Crippen LogP contribution in [0.3, 0.4) is 0 Å². The molecule has 0 spiro atoms. The number of hydrogen-bond donors (Lipinski definition) is 0. The Morgan fingerprint density at radius 2 is 1.26 bits per heavy atom. The molecule has 3 nitrogen and oxygen atoms in total. The van der Waals surface area contributed by atoms with Gasteiger partial charge in [0.05, 0.1) is 0 Å². The molecule has 3 saturated carbocycles. The maximum atomic E-state index is 12.4. The lowest BCUT2D eigenvalue weighted by molar-refractivity contribution is -0.139. The Morgan fingerprint density at radius 1 is 0.769 bits per heavy atom. The summed E-state index contributed by atoms with van der Waals surface area (Å²) in [5, 5.41) is 2.68. The summed E-state index contributed by atoms with van der Waals surface area (Å²) in [6, 6.07) is 31.8. The lowest BCUT2D eigenvalue weighted by Gasteiger charge is -2.54. The third kappa shape index (κ3) is 5.83. The molecule has 0 aromatic heterocycles. The Morgan fingerprint density at radius 3 is 1.74 bits per heavy atom. The van der Waals surface area contributed by atoms with Crippen molar-refractivity contribution in [3.8, 4) is 0 Å². The van der Waals surface area contributed by atoms with Crippen LogP contribution in [0.5, 0.6) is 0 Å². The maximum Gasteiger partial charge on any atom is 0.330 e. The number of allylic oxidation sites excluding steroid dienone is 1. The van der Waals surface area contributed by atoms with Gasteiger partial charge >= 0.3 is 5.97 Å². The van der Waals surface area contributed by atoms with Crippen LogP contribution in [0.15, 0.2) is 103 Å². The van der Waals surface area contributed by atoms with Crippen LogP contribution in [0.2, 0.25) is 5.04 Å². The zero-order valence-electron chi connectivity index (χ0n) is 23.7. The molecule has 3 aromatic rings. The van der Waals surface area contributed by atoms with E-state index in [0.717, 1.165) is 50.7 Å². The van der Waals surface area contributed by atoms with Gasteiger partial charge in [-0.05, 0) is 70.3 Å². The molecule has 0 amide bonds. The zero-order valence-corrected chi connectivity index (χ0v) is 24.7. The number of hydrogen-bond acceptors (Lipinski definition) is 3. The first-order chi connectivity index (χ1) is 18.8. The van der Waals surface area contributed by atoms with Crippen LogP contribution in [-0.2, 0) is 20.6 Å². The molecular formula is C35H42O3Si. The lowest BCUT2D eigenvalue weighted by Crippen LogP contribution is -2.67. The standard InChI is InChI=1S/C35H42O3Si/c1-33(2,3)39(30-15-9-5-10-16-30,31-17-11-6-12-18-31)38-28-35-24-21-34(22-25-35,23-26-35)20-19-32(36)37-27-29-13-7-4-8-14-29/h4-20H,21-28H2,1-3H3/b20-19+. The minimum Gasteiger partial charge on any atom is -0.458 e. The Bertz CT molecular complexity index is 1200. The number of esters is 1. The summed E-state index contributed by atoms with van der Waals surface area (Å²) in [7, 11) is -2.54. The van der Waals surface area contributed by atoms with Crippen molar-refractivity contribution in [2.45, 2.75) is 70.9 Å². The Kier molecular flexibility index (Phi) is 7.98. The van der Waals surface area contributed by atoms with Gasteiger partial charge in [-0.15, -0.1) is 0 Å². The molecule has 0 atom stereocenters. The summed E-state index contributed by atoms with van der Waals surface area (Å²) in [6.45, 7) is 8.18. The van der Waals surface area contributed by atoms with E-state index in [-0.39, 0.29) is 21.8 Å². The number of fused-ring (bicyclic) bond motifs is 3. The molecule has 39 heavy (non-hydrogen) atoms. The van der Waals surface area contributed by atoms with Gasteiger partial charge in [0.25, 0.3) is 8.32 Å². The molecule has 3 aliphatic carbocycles. The second kappa shape index (κ2) is 11.3. The van der Waals surface area contributed by atoms with Gasteiger partial charge in [0.1, 0.15) is 6.61 Å². The van der Waals surface area contributed by atoms with Crippen molar-refractivity contribution in [2.24, 2.45) is 10.8 Å². The van der Waals surface area contributed by atoms with Crippen molar-refractivity contribution < 1.29 is 14.0 Å². The van der Waals surface area contributed by atoms with Crippen LogP contribution in [0.4, 0.5) is 0 Å². The highest BCUT2D eigenvalue weighted by molar-refractivity contribution is 6.99. The quantitative estimate of drug-likeness (QED) is 0.164.